The standard InChI is InChI=1S/C4H4N2S/c1-3-4(5-1)2-7-6-3/h2,5H,1H2. The molecule has 1 aliphatic heterocycles. The zero-order valence-electron chi connectivity index (χ0n) is 3.64. The highest BCUT2D eigenvalue weighted by atomic mass is 32.1. The fraction of sp³-hybridized carbons (Fsp3) is 0.250. The third kappa shape index (κ3) is 0.307. The van der Waals surface area contributed by atoms with Crippen LogP contribution in [0.1, 0.15) is 5.69 Å². The average Bonchev–Trinajstić information content (AvgIpc) is 1.85. The Bertz CT molecular complexity index is 163. The topological polar surface area (TPSA) is 24.9 Å². The van der Waals surface area contributed by atoms with E-state index in [2.05, 4.69) is 9.69 Å². The van der Waals surface area contributed by atoms with E-state index in [1.165, 1.54) is 22.9 Å². The molecule has 3 heteroatoms. The Kier molecular flexibility index (Phi) is 0.481. The summed E-state index contributed by atoms with van der Waals surface area (Å²) in [5.74, 6) is 0. The van der Waals surface area contributed by atoms with Crippen molar-refractivity contribution in [3.63, 3.8) is 0 Å². The van der Waals surface area contributed by atoms with Crippen molar-refractivity contribution in [1.82, 2.24) is 4.37 Å². The predicted molar refractivity (Wildman–Crippen MR) is 29.4 cm³/mol. The molecule has 1 aromatic heterocycles. The molecule has 7 heavy (non-hydrogen) atoms. The molecule has 36 valence electrons. The number of nitrogens with one attached hydrogen (secondary N) is 1. The summed E-state index contributed by atoms with van der Waals surface area (Å²) >= 11 is 1.52. The quantitative estimate of drug-likeness (QED) is 0.543. The Morgan fingerprint density at radius 1 is 1.86 bits per heavy atom. The van der Waals surface area contributed by atoms with Crippen molar-refractivity contribution >= 4 is 17.2 Å². The molecular weight excluding hydrogens is 108 g/mol. The minimum Gasteiger partial charge on any atom is -0.377 e. The smallest absolute Gasteiger partial charge is 0.0964 e. The number of aromatic nitrogens is 1. The lowest BCUT2D eigenvalue weighted by molar-refractivity contribution is 1.01. The van der Waals surface area contributed by atoms with E-state index in [1.54, 1.807) is 0 Å². The van der Waals surface area contributed by atoms with Gasteiger partial charge in [-0.2, -0.15) is 4.37 Å². The number of fused-ring (bicyclic) bond motifs is 1. The highest BCUT2D eigenvalue weighted by Gasteiger charge is 2.12. The zero-order chi connectivity index (χ0) is 4.69. The summed E-state index contributed by atoms with van der Waals surface area (Å²) in [7, 11) is 0. The second kappa shape index (κ2) is 0.980. The van der Waals surface area contributed by atoms with Crippen molar-refractivity contribution in [1.29, 1.82) is 0 Å². The largest absolute Gasteiger partial charge is 0.377 e. The molecule has 0 amide bonds. The van der Waals surface area contributed by atoms with Gasteiger partial charge in [0.2, 0.25) is 0 Å². The summed E-state index contributed by atoms with van der Waals surface area (Å²) in [6, 6.07) is 0. The molecule has 0 saturated heterocycles. The maximum Gasteiger partial charge on any atom is 0.0964 e. The van der Waals surface area contributed by atoms with Crippen LogP contribution >= 0.6 is 11.5 Å². The van der Waals surface area contributed by atoms with E-state index in [0.717, 1.165) is 6.54 Å². The van der Waals surface area contributed by atoms with Gasteiger partial charge in [-0.05, 0) is 11.5 Å². The molecule has 0 atom stereocenters. The van der Waals surface area contributed by atoms with Crippen molar-refractivity contribution in [2.75, 3.05) is 5.32 Å². The van der Waals surface area contributed by atoms with Gasteiger partial charge in [0.25, 0.3) is 0 Å². The summed E-state index contributed by atoms with van der Waals surface area (Å²) in [5.41, 5.74) is 2.45. The van der Waals surface area contributed by atoms with Crippen LogP contribution in [-0.4, -0.2) is 4.37 Å². The van der Waals surface area contributed by atoms with Crippen LogP contribution in [0.2, 0.25) is 0 Å². The summed E-state index contributed by atoms with van der Waals surface area (Å²) in [6.07, 6.45) is 0. The SMILES string of the molecule is c1snc2c1NC2. The number of hydrogen-bond acceptors (Lipinski definition) is 3. The van der Waals surface area contributed by atoms with Crippen LogP contribution < -0.4 is 5.32 Å². The first-order valence-corrected chi connectivity index (χ1v) is 2.97. The van der Waals surface area contributed by atoms with Gasteiger partial charge in [0.05, 0.1) is 17.9 Å². The molecule has 2 nitrogen and oxygen atoms in total. The molecule has 0 aliphatic carbocycles. The highest BCUT2D eigenvalue weighted by Crippen LogP contribution is 2.24. The Balaban J connectivity index is 2.69. The van der Waals surface area contributed by atoms with Crippen molar-refractivity contribution in [3.8, 4) is 0 Å². The van der Waals surface area contributed by atoms with Crippen molar-refractivity contribution < 1.29 is 0 Å². The van der Waals surface area contributed by atoms with Crippen molar-refractivity contribution in [2.45, 2.75) is 6.54 Å². The first-order valence-electron chi connectivity index (χ1n) is 2.14. The van der Waals surface area contributed by atoms with E-state index in [0.29, 0.717) is 0 Å². The van der Waals surface area contributed by atoms with Crippen LogP contribution in [-0.2, 0) is 6.54 Å². The molecular formula is C4H4N2S. The molecule has 2 rings (SSSR count). The first kappa shape index (κ1) is 3.43. The Labute approximate surface area is 45.3 Å². The fourth-order valence-corrected chi connectivity index (χ4v) is 1.27. The summed E-state index contributed by atoms with van der Waals surface area (Å²) in [5, 5.41) is 5.14. The maximum atomic E-state index is 4.08. The van der Waals surface area contributed by atoms with Crippen molar-refractivity contribution in [3.05, 3.63) is 11.1 Å². The molecule has 0 fully saturated rings. The molecule has 1 aliphatic rings. The van der Waals surface area contributed by atoms with Crippen LogP contribution in [0.5, 0.6) is 0 Å². The van der Waals surface area contributed by atoms with E-state index in [1.807, 2.05) is 5.38 Å². The van der Waals surface area contributed by atoms with Crippen LogP contribution in [0, 0.1) is 0 Å². The van der Waals surface area contributed by atoms with Gasteiger partial charge in [0, 0.05) is 5.38 Å². The van der Waals surface area contributed by atoms with Crippen LogP contribution in [0.25, 0.3) is 0 Å². The van der Waals surface area contributed by atoms with Gasteiger partial charge in [0.1, 0.15) is 0 Å². The van der Waals surface area contributed by atoms with Gasteiger partial charge in [-0.1, -0.05) is 0 Å². The molecule has 0 radical (unpaired) electrons. The molecule has 0 aromatic carbocycles. The lowest BCUT2D eigenvalue weighted by Gasteiger charge is -2.12. The Morgan fingerprint density at radius 2 is 2.86 bits per heavy atom. The van der Waals surface area contributed by atoms with Gasteiger partial charge in [-0.3, -0.25) is 0 Å². The van der Waals surface area contributed by atoms with Gasteiger partial charge in [-0.15, -0.1) is 0 Å². The summed E-state index contributed by atoms with van der Waals surface area (Å²) < 4.78 is 4.08. The maximum absolute atomic E-state index is 4.08. The van der Waals surface area contributed by atoms with E-state index >= 15 is 0 Å². The van der Waals surface area contributed by atoms with Crippen molar-refractivity contribution in [2.24, 2.45) is 0 Å². The van der Waals surface area contributed by atoms with Crippen LogP contribution in [0.4, 0.5) is 5.69 Å². The molecule has 0 bridgehead atoms. The van der Waals surface area contributed by atoms with E-state index in [9.17, 15) is 0 Å². The average molecular weight is 112 g/mol. The summed E-state index contributed by atoms with van der Waals surface area (Å²) in [6.45, 7) is 0.971. The van der Waals surface area contributed by atoms with Gasteiger partial charge in [-0.25, -0.2) is 0 Å². The number of hydrogen-bond donors (Lipinski definition) is 1. The van der Waals surface area contributed by atoms with Gasteiger partial charge < -0.3 is 5.32 Å². The molecule has 0 spiro atoms. The Morgan fingerprint density at radius 3 is 3.14 bits per heavy atom. The van der Waals surface area contributed by atoms with Crippen LogP contribution in [0.15, 0.2) is 5.38 Å². The highest BCUT2D eigenvalue weighted by molar-refractivity contribution is 7.04. The second-order valence-corrected chi connectivity index (χ2v) is 2.16. The predicted octanol–water partition coefficient (Wildman–Crippen LogP) is 1.07. The zero-order valence-corrected chi connectivity index (χ0v) is 4.46. The Hall–Kier alpha value is -0.570. The molecule has 2 heterocycles. The molecule has 0 saturated carbocycles. The van der Waals surface area contributed by atoms with Gasteiger partial charge >= 0.3 is 0 Å². The monoisotopic (exact) mass is 112 g/mol. The molecule has 1 N–H and O–H groups in total. The lowest BCUT2D eigenvalue weighted by Crippen LogP contribution is -2.10. The van der Waals surface area contributed by atoms with E-state index in [-0.39, 0.29) is 0 Å². The third-order valence-electron chi connectivity index (χ3n) is 1.09. The fourth-order valence-electron chi connectivity index (χ4n) is 0.603. The van der Waals surface area contributed by atoms with E-state index in [4.69, 9.17) is 0 Å². The van der Waals surface area contributed by atoms with E-state index < -0.39 is 0 Å². The molecule has 0 unspecified atom stereocenters. The number of nitrogens with zero attached hydrogens (tertiary/aromatic N) is 1. The third-order valence-corrected chi connectivity index (χ3v) is 1.76. The normalized spacial score (nSPS) is 14.3. The number of rotatable bonds is 0. The lowest BCUT2D eigenvalue weighted by atomic mass is 10.2. The minimum atomic E-state index is 0.971. The minimum absolute atomic E-state index is 0.971. The second-order valence-electron chi connectivity index (χ2n) is 1.53. The summed E-state index contributed by atoms with van der Waals surface area (Å²) in [4.78, 5) is 0. The molecule has 1 aromatic rings. The number of anilines is 1. The van der Waals surface area contributed by atoms with Crippen LogP contribution in [0.3, 0.4) is 0 Å². The first-order chi connectivity index (χ1) is 3.47. The van der Waals surface area contributed by atoms with Gasteiger partial charge in [0.15, 0.2) is 0 Å².